The van der Waals surface area contributed by atoms with Crippen LogP contribution in [-0.2, 0) is 23.6 Å². The molecule has 0 heterocycles. The van der Waals surface area contributed by atoms with Gasteiger partial charge in [0.2, 0.25) is 0 Å². The normalized spacial score (nSPS) is 11.0. The first kappa shape index (κ1) is 26.0. The maximum Gasteiger partial charge on any atom is 0.319 e. The number of rotatable bonds is 7. The van der Waals surface area contributed by atoms with E-state index in [0.717, 1.165) is 0 Å². The molecule has 6 N–H and O–H groups in total. The minimum atomic E-state index is -3.81. The zero-order valence-corrected chi connectivity index (χ0v) is 15.5. The number of hydrogen-bond acceptors (Lipinski definition) is 2. The first-order chi connectivity index (χ1) is 8.91. The summed E-state index contributed by atoms with van der Waals surface area (Å²) in [6.45, 7) is -3.07. The van der Waals surface area contributed by atoms with Crippen molar-refractivity contribution in [1.82, 2.24) is 0 Å². The van der Waals surface area contributed by atoms with Gasteiger partial charge in [-0.2, -0.15) is 0 Å². The van der Waals surface area contributed by atoms with Crippen LogP contribution < -0.4 is 0 Å². The molecule has 20 heavy (non-hydrogen) atoms. The van der Waals surface area contributed by atoms with Crippen molar-refractivity contribution in [1.29, 1.82) is 0 Å². The summed E-state index contributed by atoms with van der Waals surface area (Å²) in [7, 11) is 0. The Morgan fingerprint density at radius 1 is 0.550 bits per heavy atom. The summed E-state index contributed by atoms with van der Waals surface area (Å²) in [6.07, 6.45) is 11.5. The Kier molecular flexibility index (Phi) is 21.3. The summed E-state index contributed by atoms with van der Waals surface area (Å²) in [5, 5.41) is 0. The molecule has 6 nitrogen and oxygen atoms in total. The van der Waals surface area contributed by atoms with Crippen molar-refractivity contribution < 1.29 is 29.4 Å². The lowest BCUT2D eigenvalue weighted by atomic mass is 10.1. The van der Waals surface area contributed by atoms with E-state index in [1.807, 2.05) is 0 Å². The average molecular weight is 370 g/mol. The lowest BCUT2D eigenvalue weighted by molar-refractivity contribution is 0.361. The molecule has 0 aromatic heterocycles. The van der Waals surface area contributed by atoms with Crippen LogP contribution in [0.2, 0.25) is 0 Å². The molecule has 0 rings (SSSR count). The summed E-state index contributed by atoms with van der Waals surface area (Å²) < 4.78 is 0. The third-order valence-corrected chi connectivity index (χ3v) is 1.96. The molecule has 0 aliphatic rings. The Morgan fingerprint density at radius 3 is 0.850 bits per heavy atom. The van der Waals surface area contributed by atoms with Gasteiger partial charge in [0.05, 0.1) is 0 Å². The van der Waals surface area contributed by atoms with Crippen molar-refractivity contribution in [2.45, 2.75) is 65.2 Å². The van der Waals surface area contributed by atoms with E-state index in [0.29, 0.717) is 0 Å². The van der Waals surface area contributed by atoms with Crippen molar-refractivity contribution in [3.05, 3.63) is 0 Å². The quantitative estimate of drug-likeness (QED) is 0.299. The van der Waals surface area contributed by atoms with Gasteiger partial charge in [0.1, 0.15) is 0 Å². The van der Waals surface area contributed by atoms with Crippen molar-refractivity contribution in [2.75, 3.05) is 0 Å². The third kappa shape index (κ3) is 95.7. The Hall–Kier alpha value is 1.06. The Labute approximate surface area is 132 Å². The van der Waals surface area contributed by atoms with Gasteiger partial charge < -0.3 is 29.4 Å². The van der Waals surface area contributed by atoms with E-state index in [9.17, 15) is 0 Å². The van der Waals surface area contributed by atoms with Crippen LogP contribution in [0, 0.1) is 0 Å². The molecule has 0 atom stereocenters. The van der Waals surface area contributed by atoms with Crippen LogP contribution in [0.15, 0.2) is 0 Å². The molecule has 0 aliphatic carbocycles. The van der Waals surface area contributed by atoms with Crippen molar-refractivity contribution in [2.24, 2.45) is 0 Å². The maximum absolute atomic E-state index is 7.56. The SMILES string of the molecule is CCCCCCCCCC.OP(O)(O)=S.OP(O)(O)=S. The van der Waals surface area contributed by atoms with E-state index >= 15 is 0 Å². The van der Waals surface area contributed by atoms with Crippen molar-refractivity contribution in [3.8, 4) is 0 Å². The summed E-state index contributed by atoms with van der Waals surface area (Å²) in [5.74, 6) is 0. The molecule has 0 aliphatic heterocycles. The van der Waals surface area contributed by atoms with Gasteiger partial charge in [-0.3, -0.25) is 0 Å². The fraction of sp³-hybridized carbons (Fsp3) is 1.00. The first-order valence-electron chi connectivity index (χ1n) is 6.48. The summed E-state index contributed by atoms with van der Waals surface area (Å²) >= 11 is 7.21. The molecular formula is C10H28O6P2S2. The second-order valence-electron chi connectivity index (χ2n) is 4.15. The molecule has 0 fully saturated rings. The molecule has 0 amide bonds. The first-order valence-corrected chi connectivity index (χ1v) is 11.8. The van der Waals surface area contributed by atoms with Crippen LogP contribution in [-0.4, -0.2) is 29.4 Å². The van der Waals surface area contributed by atoms with Gasteiger partial charge in [0, 0.05) is 0 Å². The lowest BCUT2D eigenvalue weighted by Crippen LogP contribution is -1.77. The standard InChI is InChI=1S/C10H22.2H3O3PS/c1-3-5-7-9-10-8-6-4-2;2*1-4(2,3)5/h3-10H2,1-2H3;2*(H3,1,2,3,5). The van der Waals surface area contributed by atoms with E-state index in [1.165, 1.54) is 51.4 Å². The summed E-state index contributed by atoms with van der Waals surface area (Å²) in [6, 6.07) is 0. The smallest absolute Gasteiger partial charge is 0.319 e. The molecule has 0 saturated heterocycles. The highest BCUT2D eigenvalue weighted by atomic mass is 32.5. The zero-order valence-electron chi connectivity index (χ0n) is 12.1. The van der Waals surface area contributed by atoms with Crippen LogP contribution in [0.4, 0.5) is 0 Å². The highest BCUT2D eigenvalue weighted by Gasteiger charge is 1.92. The van der Waals surface area contributed by atoms with Crippen LogP contribution in [0.5, 0.6) is 0 Å². The zero-order chi connectivity index (χ0) is 16.7. The predicted octanol–water partition coefficient (Wildman–Crippen LogP) is 2.52. The van der Waals surface area contributed by atoms with Gasteiger partial charge in [-0.05, 0) is 23.6 Å². The molecule has 0 bridgehead atoms. The molecular weight excluding hydrogens is 342 g/mol. The van der Waals surface area contributed by atoms with Gasteiger partial charge in [-0.25, -0.2) is 0 Å². The van der Waals surface area contributed by atoms with Crippen LogP contribution >= 0.6 is 13.4 Å². The van der Waals surface area contributed by atoms with E-state index in [-0.39, 0.29) is 0 Å². The second-order valence-corrected chi connectivity index (χ2v) is 9.14. The van der Waals surface area contributed by atoms with E-state index in [4.69, 9.17) is 29.4 Å². The van der Waals surface area contributed by atoms with Gasteiger partial charge in [0.25, 0.3) is 0 Å². The molecule has 0 radical (unpaired) electrons. The van der Waals surface area contributed by atoms with E-state index in [1.54, 1.807) is 0 Å². The molecule has 0 saturated carbocycles. The molecule has 126 valence electrons. The average Bonchev–Trinajstić information content (AvgIpc) is 2.18. The van der Waals surface area contributed by atoms with E-state index < -0.39 is 13.4 Å². The monoisotopic (exact) mass is 370 g/mol. The van der Waals surface area contributed by atoms with E-state index in [2.05, 4.69) is 37.5 Å². The Morgan fingerprint density at radius 2 is 0.700 bits per heavy atom. The molecule has 0 aromatic carbocycles. The van der Waals surface area contributed by atoms with Crippen LogP contribution in [0.3, 0.4) is 0 Å². The minimum absolute atomic E-state index is 1.37. The van der Waals surface area contributed by atoms with Crippen molar-refractivity contribution >= 4 is 37.1 Å². The molecule has 0 aromatic rings. The predicted molar refractivity (Wildman–Crippen MR) is 90.2 cm³/mol. The maximum atomic E-state index is 7.56. The van der Waals surface area contributed by atoms with Gasteiger partial charge in [-0.1, -0.05) is 65.2 Å². The van der Waals surface area contributed by atoms with Gasteiger partial charge >= 0.3 is 13.4 Å². The van der Waals surface area contributed by atoms with Crippen LogP contribution in [0.25, 0.3) is 0 Å². The fourth-order valence-electron chi connectivity index (χ4n) is 1.21. The highest BCUT2D eigenvalue weighted by Crippen LogP contribution is 2.26. The molecule has 0 spiro atoms. The summed E-state index contributed by atoms with van der Waals surface area (Å²) in [5.41, 5.74) is 0. The lowest BCUT2D eigenvalue weighted by Gasteiger charge is -1.97. The topological polar surface area (TPSA) is 121 Å². The Balaban J connectivity index is -0.000000244. The molecule has 10 heteroatoms. The highest BCUT2D eigenvalue weighted by molar-refractivity contribution is 8.06. The second kappa shape index (κ2) is 16.4. The van der Waals surface area contributed by atoms with Crippen LogP contribution in [0.1, 0.15) is 65.2 Å². The largest absolute Gasteiger partial charge is 0.325 e. The van der Waals surface area contributed by atoms with Gasteiger partial charge in [0.15, 0.2) is 0 Å². The summed E-state index contributed by atoms with van der Waals surface area (Å²) in [4.78, 5) is 45.3. The molecule has 0 unspecified atom stereocenters. The Bertz CT molecular complexity index is 234. The number of unbranched alkanes of at least 4 members (excludes halogenated alkanes) is 7. The van der Waals surface area contributed by atoms with Crippen molar-refractivity contribution in [3.63, 3.8) is 0 Å². The minimum Gasteiger partial charge on any atom is -0.325 e. The fourth-order valence-corrected chi connectivity index (χ4v) is 1.21. The number of hydrogen-bond donors (Lipinski definition) is 6. The third-order valence-electron chi connectivity index (χ3n) is 1.96. The van der Waals surface area contributed by atoms with Gasteiger partial charge in [-0.15, -0.1) is 0 Å².